The molecule has 0 amide bonds. The molecule has 0 spiro atoms. The average molecular weight is 459 g/mol. The molecule has 0 atom stereocenters. The van der Waals surface area contributed by atoms with Gasteiger partial charge < -0.3 is 9.88 Å². The van der Waals surface area contributed by atoms with Gasteiger partial charge in [0.05, 0.1) is 18.1 Å². The van der Waals surface area contributed by atoms with E-state index in [-0.39, 0.29) is 0 Å². The van der Waals surface area contributed by atoms with Crippen LogP contribution in [0.2, 0.25) is 0 Å². The molecule has 0 radical (unpaired) electrons. The van der Waals surface area contributed by atoms with Crippen LogP contribution in [0.4, 0.5) is 20.3 Å². The molecule has 2 aromatic carbocycles. The van der Waals surface area contributed by atoms with Gasteiger partial charge >= 0.3 is 0 Å². The van der Waals surface area contributed by atoms with Crippen molar-refractivity contribution in [3.63, 3.8) is 0 Å². The quantitative estimate of drug-likeness (QED) is 0.333. The Hall–Kier alpha value is -4.07. The number of anilines is 2. The van der Waals surface area contributed by atoms with Crippen molar-refractivity contribution in [1.82, 2.24) is 24.3 Å². The van der Waals surface area contributed by atoms with E-state index in [1.165, 1.54) is 4.68 Å². The first kappa shape index (κ1) is 21.8. The van der Waals surface area contributed by atoms with Crippen molar-refractivity contribution in [1.29, 1.82) is 0 Å². The van der Waals surface area contributed by atoms with Crippen LogP contribution in [0.25, 0.3) is 33.2 Å². The summed E-state index contributed by atoms with van der Waals surface area (Å²) in [5.74, 6) is 1.70. The standard InChI is InChI=1S/C26H24F2N6/c1-16-8-19(24-13-29-17(2)33(24)3)6-7-23(16)32-26-10-21-9-18(4-5-20(21)11-30-26)22-12-31-34(14-22)15-25(27)28/h4-14,25H,15H2,1-3H3,(H,30,32). The number of hydrogen-bond donors (Lipinski definition) is 1. The van der Waals surface area contributed by atoms with Gasteiger partial charge in [-0.25, -0.2) is 18.7 Å². The first-order valence-corrected chi connectivity index (χ1v) is 10.9. The molecule has 8 heteroatoms. The molecule has 172 valence electrons. The van der Waals surface area contributed by atoms with E-state index < -0.39 is 13.0 Å². The Kier molecular flexibility index (Phi) is 5.57. The summed E-state index contributed by atoms with van der Waals surface area (Å²) >= 11 is 0. The fourth-order valence-electron chi connectivity index (χ4n) is 4.01. The molecule has 0 saturated heterocycles. The largest absolute Gasteiger partial charge is 0.340 e. The van der Waals surface area contributed by atoms with Crippen LogP contribution in [-0.4, -0.2) is 30.7 Å². The zero-order valence-corrected chi connectivity index (χ0v) is 19.1. The summed E-state index contributed by atoms with van der Waals surface area (Å²) < 4.78 is 28.6. The van der Waals surface area contributed by atoms with E-state index >= 15 is 0 Å². The molecule has 5 rings (SSSR count). The van der Waals surface area contributed by atoms with Gasteiger partial charge in [-0.2, -0.15) is 5.10 Å². The number of benzene rings is 2. The first-order valence-electron chi connectivity index (χ1n) is 10.9. The number of fused-ring (bicyclic) bond motifs is 1. The van der Waals surface area contributed by atoms with Crippen LogP contribution in [0.15, 0.2) is 67.3 Å². The first-order chi connectivity index (χ1) is 16.4. The fourth-order valence-corrected chi connectivity index (χ4v) is 4.01. The van der Waals surface area contributed by atoms with Gasteiger partial charge in [-0.3, -0.25) is 4.68 Å². The number of aromatic nitrogens is 5. The zero-order chi connectivity index (χ0) is 23.8. The van der Waals surface area contributed by atoms with Crippen LogP contribution in [0.5, 0.6) is 0 Å². The van der Waals surface area contributed by atoms with Gasteiger partial charge in [0, 0.05) is 41.6 Å². The summed E-state index contributed by atoms with van der Waals surface area (Å²) in [6, 6.07) is 14.2. The molecule has 6 nitrogen and oxygen atoms in total. The van der Waals surface area contributed by atoms with Crippen LogP contribution >= 0.6 is 0 Å². The topological polar surface area (TPSA) is 60.6 Å². The molecule has 0 aliphatic rings. The molecule has 34 heavy (non-hydrogen) atoms. The predicted molar refractivity (Wildman–Crippen MR) is 130 cm³/mol. The van der Waals surface area contributed by atoms with Crippen LogP contribution in [-0.2, 0) is 13.6 Å². The number of imidazole rings is 1. The second-order valence-corrected chi connectivity index (χ2v) is 8.38. The van der Waals surface area contributed by atoms with E-state index in [2.05, 4.69) is 44.0 Å². The van der Waals surface area contributed by atoms with Crippen LogP contribution in [0, 0.1) is 13.8 Å². The highest BCUT2D eigenvalue weighted by atomic mass is 19.3. The molecule has 0 fully saturated rings. The normalized spacial score (nSPS) is 11.5. The molecule has 3 heterocycles. The molecule has 3 aromatic heterocycles. The minimum Gasteiger partial charge on any atom is -0.340 e. The number of nitrogens with zero attached hydrogens (tertiary/aromatic N) is 5. The van der Waals surface area contributed by atoms with Crippen molar-refractivity contribution in [3.05, 3.63) is 78.6 Å². The zero-order valence-electron chi connectivity index (χ0n) is 19.1. The Bertz CT molecular complexity index is 1480. The molecule has 0 aliphatic heterocycles. The summed E-state index contributed by atoms with van der Waals surface area (Å²) in [4.78, 5) is 8.94. The predicted octanol–water partition coefficient (Wildman–Crippen LogP) is 6.12. The number of pyridine rings is 1. The third kappa shape index (κ3) is 4.26. The Morgan fingerprint density at radius 3 is 2.44 bits per heavy atom. The van der Waals surface area contributed by atoms with E-state index in [1.807, 2.05) is 56.7 Å². The molecule has 5 aromatic rings. The molecule has 0 aliphatic carbocycles. The molecular formula is C26H24F2N6. The SMILES string of the molecule is Cc1cc(-c2cnc(C)n2C)ccc1Nc1cc2cc(-c3cnn(CC(F)F)c3)ccc2cn1. The van der Waals surface area contributed by atoms with Crippen molar-refractivity contribution in [2.75, 3.05) is 5.32 Å². The van der Waals surface area contributed by atoms with Crippen molar-refractivity contribution < 1.29 is 8.78 Å². The second kappa shape index (κ2) is 8.70. The molecule has 0 bridgehead atoms. The van der Waals surface area contributed by atoms with E-state index in [1.54, 1.807) is 12.4 Å². The van der Waals surface area contributed by atoms with Gasteiger partial charge in [0.25, 0.3) is 6.43 Å². The summed E-state index contributed by atoms with van der Waals surface area (Å²) in [6.45, 7) is 3.63. The second-order valence-electron chi connectivity index (χ2n) is 8.38. The number of aryl methyl sites for hydroxylation is 2. The third-order valence-corrected chi connectivity index (χ3v) is 6.02. The maximum Gasteiger partial charge on any atom is 0.257 e. The number of nitrogens with one attached hydrogen (secondary N) is 1. The van der Waals surface area contributed by atoms with Gasteiger partial charge in [-0.1, -0.05) is 18.2 Å². The lowest BCUT2D eigenvalue weighted by Crippen LogP contribution is -2.06. The van der Waals surface area contributed by atoms with E-state index in [4.69, 9.17) is 0 Å². The lowest BCUT2D eigenvalue weighted by atomic mass is 10.0. The van der Waals surface area contributed by atoms with Crippen molar-refractivity contribution in [2.24, 2.45) is 7.05 Å². The highest BCUT2D eigenvalue weighted by Gasteiger charge is 2.10. The highest BCUT2D eigenvalue weighted by Crippen LogP contribution is 2.29. The number of hydrogen-bond acceptors (Lipinski definition) is 4. The third-order valence-electron chi connectivity index (χ3n) is 6.02. The van der Waals surface area contributed by atoms with Crippen molar-refractivity contribution in [2.45, 2.75) is 26.8 Å². The smallest absolute Gasteiger partial charge is 0.257 e. The minimum atomic E-state index is -2.44. The lowest BCUT2D eigenvalue weighted by Gasteiger charge is -2.12. The maximum atomic E-state index is 12.6. The summed E-state index contributed by atoms with van der Waals surface area (Å²) in [5.41, 5.74) is 5.95. The average Bonchev–Trinajstić information content (AvgIpc) is 3.41. The monoisotopic (exact) mass is 458 g/mol. The van der Waals surface area contributed by atoms with E-state index in [0.717, 1.165) is 56.0 Å². The fraction of sp³-hybridized carbons (Fsp3) is 0.192. The Balaban J connectivity index is 1.41. The van der Waals surface area contributed by atoms with Gasteiger partial charge in [0.2, 0.25) is 0 Å². The number of rotatable bonds is 6. The summed E-state index contributed by atoms with van der Waals surface area (Å²) in [7, 11) is 2.01. The lowest BCUT2D eigenvalue weighted by molar-refractivity contribution is 0.122. The van der Waals surface area contributed by atoms with Crippen molar-refractivity contribution >= 4 is 22.3 Å². The van der Waals surface area contributed by atoms with Crippen LogP contribution in [0.1, 0.15) is 11.4 Å². The number of alkyl halides is 2. The Morgan fingerprint density at radius 2 is 1.71 bits per heavy atom. The minimum absolute atomic E-state index is 0.413. The van der Waals surface area contributed by atoms with E-state index in [9.17, 15) is 8.78 Å². The van der Waals surface area contributed by atoms with Crippen LogP contribution in [0.3, 0.4) is 0 Å². The van der Waals surface area contributed by atoms with Gasteiger partial charge in [-0.15, -0.1) is 0 Å². The van der Waals surface area contributed by atoms with Gasteiger partial charge in [0.15, 0.2) is 0 Å². The highest BCUT2D eigenvalue weighted by molar-refractivity contribution is 5.89. The molecular weight excluding hydrogens is 434 g/mol. The molecule has 0 unspecified atom stereocenters. The van der Waals surface area contributed by atoms with Gasteiger partial charge in [0.1, 0.15) is 18.2 Å². The van der Waals surface area contributed by atoms with Gasteiger partial charge in [-0.05, 0) is 54.6 Å². The Morgan fingerprint density at radius 1 is 0.882 bits per heavy atom. The summed E-state index contributed by atoms with van der Waals surface area (Å²) in [6.07, 6.45) is 4.52. The molecule has 0 saturated carbocycles. The Labute approximate surface area is 195 Å². The molecule has 1 N–H and O–H groups in total. The van der Waals surface area contributed by atoms with Crippen LogP contribution < -0.4 is 5.32 Å². The van der Waals surface area contributed by atoms with E-state index in [0.29, 0.717) is 0 Å². The number of halogens is 2. The maximum absolute atomic E-state index is 12.6. The summed E-state index contributed by atoms with van der Waals surface area (Å²) in [5, 5.41) is 9.44. The van der Waals surface area contributed by atoms with Crippen molar-refractivity contribution in [3.8, 4) is 22.4 Å².